The third kappa shape index (κ3) is 3.48. The number of nitrogens with zero attached hydrogens (tertiary/aromatic N) is 5. The molecule has 8 nitrogen and oxygen atoms in total. The molecule has 24 heavy (non-hydrogen) atoms. The maximum absolute atomic E-state index is 8.96. The number of rotatable bonds is 5. The number of hydrogen-bond donors (Lipinski definition) is 3. The zero-order valence-corrected chi connectivity index (χ0v) is 12.7. The molecule has 0 unspecified atom stereocenters. The first-order chi connectivity index (χ1) is 11.7. The van der Waals surface area contributed by atoms with Crippen LogP contribution in [0, 0.1) is 11.3 Å². The molecule has 3 aromatic rings. The minimum atomic E-state index is 0.0361. The number of imidazole rings is 1. The molecule has 0 aliphatic rings. The van der Waals surface area contributed by atoms with Crippen LogP contribution in [0.4, 0.5) is 17.5 Å². The van der Waals surface area contributed by atoms with Gasteiger partial charge in [-0.05, 0) is 24.3 Å². The van der Waals surface area contributed by atoms with E-state index in [1.807, 2.05) is 0 Å². The molecule has 2 heterocycles. The maximum Gasteiger partial charge on any atom is 0.231 e. The molecule has 0 aliphatic carbocycles. The van der Waals surface area contributed by atoms with Gasteiger partial charge < -0.3 is 16.2 Å². The predicted molar refractivity (Wildman–Crippen MR) is 88.8 cm³/mol. The fourth-order valence-electron chi connectivity index (χ4n) is 2.13. The number of aromatic nitrogens is 4. The summed E-state index contributed by atoms with van der Waals surface area (Å²) < 4.78 is 1.72. The van der Waals surface area contributed by atoms with E-state index in [9.17, 15) is 0 Å². The normalized spacial score (nSPS) is 10.3. The van der Waals surface area contributed by atoms with Crippen LogP contribution in [0.25, 0.3) is 5.82 Å². The number of nitrogens with two attached hydrogens (primary N) is 1. The molecule has 0 aliphatic heterocycles. The number of benzene rings is 1. The van der Waals surface area contributed by atoms with Crippen molar-refractivity contribution in [2.75, 3.05) is 17.7 Å². The van der Waals surface area contributed by atoms with E-state index in [2.05, 4.69) is 26.3 Å². The molecule has 0 saturated carbocycles. The average Bonchev–Trinajstić information content (AvgIpc) is 3.04. The quantitative estimate of drug-likeness (QED) is 0.648. The molecule has 0 radical (unpaired) electrons. The molecule has 8 heteroatoms. The Morgan fingerprint density at radius 3 is 2.75 bits per heavy atom. The third-order valence-electron chi connectivity index (χ3n) is 3.27. The summed E-state index contributed by atoms with van der Waals surface area (Å²) in [7, 11) is 0. The summed E-state index contributed by atoms with van der Waals surface area (Å²) in [5.74, 6) is 1.22. The van der Waals surface area contributed by atoms with Crippen molar-refractivity contribution in [2.24, 2.45) is 0 Å². The Morgan fingerprint density at radius 2 is 2.04 bits per heavy atom. The van der Waals surface area contributed by atoms with E-state index in [4.69, 9.17) is 16.1 Å². The first-order valence-corrected chi connectivity index (χ1v) is 7.24. The zero-order chi connectivity index (χ0) is 16.9. The highest BCUT2D eigenvalue weighted by Crippen LogP contribution is 2.17. The largest absolute Gasteiger partial charge is 0.396 e. The Balaban J connectivity index is 1.86. The smallest absolute Gasteiger partial charge is 0.231 e. The maximum atomic E-state index is 8.96. The molecule has 0 amide bonds. The van der Waals surface area contributed by atoms with E-state index in [1.54, 1.807) is 47.4 Å². The van der Waals surface area contributed by atoms with Crippen molar-refractivity contribution in [3.63, 3.8) is 0 Å². The van der Waals surface area contributed by atoms with E-state index in [0.29, 0.717) is 29.6 Å². The van der Waals surface area contributed by atoms with Crippen molar-refractivity contribution in [3.05, 3.63) is 54.1 Å². The molecule has 120 valence electrons. The highest BCUT2D eigenvalue weighted by atomic mass is 16.3. The number of nitrogen functional groups attached to an aromatic ring is 1. The van der Waals surface area contributed by atoms with Crippen LogP contribution in [0.5, 0.6) is 0 Å². The second kappa shape index (κ2) is 6.76. The van der Waals surface area contributed by atoms with Gasteiger partial charge in [-0.2, -0.15) is 15.2 Å². The lowest BCUT2D eigenvalue weighted by atomic mass is 10.2. The molecule has 0 spiro atoms. The van der Waals surface area contributed by atoms with Gasteiger partial charge in [-0.3, -0.25) is 4.57 Å². The molecule has 4 N–H and O–H groups in total. The Kier molecular flexibility index (Phi) is 4.36. The van der Waals surface area contributed by atoms with E-state index >= 15 is 0 Å². The summed E-state index contributed by atoms with van der Waals surface area (Å²) in [4.78, 5) is 12.8. The molecular formula is C16H15N7O. The summed E-state index contributed by atoms with van der Waals surface area (Å²) >= 11 is 0. The summed E-state index contributed by atoms with van der Waals surface area (Å²) in [5, 5.41) is 20.8. The van der Waals surface area contributed by atoms with Crippen LogP contribution >= 0.6 is 0 Å². The highest BCUT2D eigenvalue weighted by molar-refractivity contribution is 5.57. The third-order valence-corrected chi connectivity index (χ3v) is 3.27. The molecule has 0 atom stereocenters. The van der Waals surface area contributed by atoms with Gasteiger partial charge in [0, 0.05) is 31.0 Å². The molecule has 0 saturated heterocycles. The van der Waals surface area contributed by atoms with Crippen molar-refractivity contribution in [2.45, 2.75) is 6.42 Å². The van der Waals surface area contributed by atoms with Crippen LogP contribution in [0.3, 0.4) is 0 Å². The van der Waals surface area contributed by atoms with Crippen LogP contribution < -0.4 is 11.1 Å². The number of nitriles is 1. The zero-order valence-electron chi connectivity index (χ0n) is 12.7. The number of nitrogens with one attached hydrogen (secondary N) is 1. The Hall–Kier alpha value is -3.44. The van der Waals surface area contributed by atoms with Crippen LogP contribution in [0.1, 0.15) is 11.3 Å². The first-order valence-electron chi connectivity index (χ1n) is 7.24. The van der Waals surface area contributed by atoms with Gasteiger partial charge in [0.15, 0.2) is 0 Å². The van der Waals surface area contributed by atoms with Gasteiger partial charge in [0.25, 0.3) is 0 Å². The van der Waals surface area contributed by atoms with E-state index in [0.717, 1.165) is 11.4 Å². The van der Waals surface area contributed by atoms with Crippen molar-refractivity contribution < 1.29 is 5.11 Å². The Morgan fingerprint density at radius 1 is 1.25 bits per heavy atom. The van der Waals surface area contributed by atoms with E-state index in [1.165, 1.54) is 0 Å². The van der Waals surface area contributed by atoms with Gasteiger partial charge in [-0.15, -0.1) is 0 Å². The van der Waals surface area contributed by atoms with Crippen molar-refractivity contribution in [1.29, 1.82) is 5.26 Å². The summed E-state index contributed by atoms with van der Waals surface area (Å²) in [5.41, 5.74) is 7.94. The van der Waals surface area contributed by atoms with Crippen molar-refractivity contribution in [1.82, 2.24) is 19.5 Å². The van der Waals surface area contributed by atoms with Gasteiger partial charge in [0.1, 0.15) is 18.0 Å². The molecular weight excluding hydrogens is 306 g/mol. The second-order valence-corrected chi connectivity index (χ2v) is 5.03. The summed E-state index contributed by atoms with van der Waals surface area (Å²) in [6, 6.07) is 10.6. The van der Waals surface area contributed by atoms with Gasteiger partial charge >= 0.3 is 0 Å². The molecule has 0 bridgehead atoms. The minimum absolute atomic E-state index is 0.0361. The molecule has 3 rings (SSSR count). The van der Waals surface area contributed by atoms with Gasteiger partial charge in [0.2, 0.25) is 5.95 Å². The molecule has 2 aromatic heterocycles. The average molecular weight is 321 g/mol. The lowest BCUT2D eigenvalue weighted by molar-refractivity contribution is 0.298. The second-order valence-electron chi connectivity index (χ2n) is 5.03. The minimum Gasteiger partial charge on any atom is -0.396 e. The monoisotopic (exact) mass is 321 g/mol. The van der Waals surface area contributed by atoms with Gasteiger partial charge in [0.05, 0.1) is 17.3 Å². The summed E-state index contributed by atoms with van der Waals surface area (Å²) in [6.45, 7) is 0.0361. The Bertz CT molecular complexity index is 880. The van der Waals surface area contributed by atoms with Crippen LogP contribution in [0.15, 0.2) is 42.9 Å². The predicted octanol–water partition coefficient (Wildman–Crippen LogP) is 1.39. The van der Waals surface area contributed by atoms with Gasteiger partial charge in [-0.25, -0.2) is 4.98 Å². The highest BCUT2D eigenvalue weighted by Gasteiger charge is 2.07. The first kappa shape index (κ1) is 15.5. The number of hydrogen-bond acceptors (Lipinski definition) is 7. The Labute approximate surface area is 138 Å². The van der Waals surface area contributed by atoms with Crippen molar-refractivity contribution >= 4 is 17.5 Å². The fourth-order valence-corrected chi connectivity index (χ4v) is 2.13. The number of anilines is 3. The fraction of sp³-hybridized carbons (Fsp3) is 0.125. The molecule has 0 fully saturated rings. The lowest BCUT2D eigenvalue weighted by Crippen LogP contribution is -2.05. The van der Waals surface area contributed by atoms with E-state index < -0.39 is 0 Å². The number of aliphatic hydroxyl groups excluding tert-OH is 1. The SMILES string of the molecule is N#Cc1ccc(Nc2nc(N)cc(-n3cnc(CCO)c3)n2)cc1. The standard InChI is InChI=1S/C16H15N7O/c17-8-11-1-3-12(4-2-11)20-16-21-14(18)7-15(22-16)23-9-13(5-6-24)19-10-23/h1-4,7,9-10,24H,5-6H2,(H3,18,20,21,22). The van der Waals surface area contributed by atoms with E-state index in [-0.39, 0.29) is 6.61 Å². The number of aliphatic hydroxyl groups is 1. The van der Waals surface area contributed by atoms with Crippen LogP contribution in [-0.2, 0) is 6.42 Å². The van der Waals surface area contributed by atoms with Crippen LogP contribution in [-0.4, -0.2) is 31.2 Å². The summed E-state index contributed by atoms with van der Waals surface area (Å²) in [6.07, 6.45) is 3.87. The van der Waals surface area contributed by atoms with Gasteiger partial charge in [-0.1, -0.05) is 0 Å². The van der Waals surface area contributed by atoms with Crippen LogP contribution in [0.2, 0.25) is 0 Å². The topological polar surface area (TPSA) is 126 Å². The lowest BCUT2D eigenvalue weighted by Gasteiger charge is -2.08. The molecule has 1 aromatic carbocycles. The van der Waals surface area contributed by atoms with Crippen molar-refractivity contribution in [3.8, 4) is 11.9 Å².